The van der Waals surface area contributed by atoms with Gasteiger partial charge >= 0.3 is 5.97 Å². The molecule has 23 heavy (non-hydrogen) atoms. The number of esters is 1. The number of anilines is 1. The Labute approximate surface area is 135 Å². The molecule has 0 aliphatic heterocycles. The van der Waals surface area contributed by atoms with Crippen molar-refractivity contribution in [2.75, 3.05) is 11.9 Å². The predicted octanol–water partition coefficient (Wildman–Crippen LogP) is 3.54. The summed E-state index contributed by atoms with van der Waals surface area (Å²) >= 11 is 0. The van der Waals surface area contributed by atoms with Crippen molar-refractivity contribution in [1.29, 1.82) is 0 Å². The Hall–Kier alpha value is -2.82. The third-order valence-electron chi connectivity index (χ3n) is 2.99. The number of carbonyl (C=O) groups excluding carboxylic acids is 2. The van der Waals surface area contributed by atoms with E-state index < -0.39 is 0 Å². The Kier molecular flexibility index (Phi) is 5.74. The van der Waals surface area contributed by atoms with Gasteiger partial charge in [0.2, 0.25) is 5.91 Å². The molecule has 0 bridgehead atoms. The first-order valence-electron chi connectivity index (χ1n) is 7.37. The van der Waals surface area contributed by atoms with E-state index in [0.29, 0.717) is 18.1 Å². The van der Waals surface area contributed by atoms with E-state index in [1.165, 1.54) is 6.92 Å². The molecule has 0 saturated heterocycles. The largest absolute Gasteiger partial charge is 0.466 e. The topological polar surface area (TPSA) is 64.6 Å². The van der Waals surface area contributed by atoms with Crippen molar-refractivity contribution in [3.8, 4) is 11.5 Å². The summed E-state index contributed by atoms with van der Waals surface area (Å²) in [7, 11) is 0. The van der Waals surface area contributed by atoms with Crippen LogP contribution in [0.2, 0.25) is 0 Å². The minimum atomic E-state index is -0.241. The van der Waals surface area contributed by atoms with Crippen molar-refractivity contribution < 1.29 is 19.1 Å². The second-order valence-corrected chi connectivity index (χ2v) is 4.93. The normalized spacial score (nSPS) is 10.0. The molecular formula is C18H19NO4. The van der Waals surface area contributed by atoms with Gasteiger partial charge in [-0.3, -0.25) is 9.59 Å². The van der Waals surface area contributed by atoms with E-state index in [4.69, 9.17) is 9.47 Å². The zero-order valence-corrected chi connectivity index (χ0v) is 13.2. The fourth-order valence-corrected chi connectivity index (χ4v) is 2.00. The average molecular weight is 313 g/mol. The van der Waals surface area contributed by atoms with Gasteiger partial charge in [0.15, 0.2) is 0 Å². The van der Waals surface area contributed by atoms with Gasteiger partial charge < -0.3 is 14.8 Å². The van der Waals surface area contributed by atoms with Gasteiger partial charge in [-0.05, 0) is 48.9 Å². The van der Waals surface area contributed by atoms with Gasteiger partial charge in [-0.15, -0.1) is 0 Å². The average Bonchev–Trinajstić information content (AvgIpc) is 2.51. The van der Waals surface area contributed by atoms with E-state index in [9.17, 15) is 9.59 Å². The van der Waals surface area contributed by atoms with Gasteiger partial charge in [0.25, 0.3) is 0 Å². The van der Waals surface area contributed by atoms with E-state index in [-0.39, 0.29) is 18.3 Å². The monoisotopic (exact) mass is 313 g/mol. The van der Waals surface area contributed by atoms with Crippen LogP contribution >= 0.6 is 0 Å². The summed E-state index contributed by atoms with van der Waals surface area (Å²) in [6.45, 7) is 3.63. The van der Waals surface area contributed by atoms with E-state index in [0.717, 1.165) is 11.3 Å². The highest BCUT2D eigenvalue weighted by Gasteiger charge is 2.04. The molecule has 0 fully saturated rings. The molecule has 0 unspecified atom stereocenters. The number of amides is 1. The van der Waals surface area contributed by atoms with Crippen molar-refractivity contribution in [3.05, 3.63) is 54.1 Å². The zero-order valence-electron chi connectivity index (χ0n) is 13.2. The number of rotatable bonds is 6. The number of benzene rings is 2. The van der Waals surface area contributed by atoms with Crippen molar-refractivity contribution in [2.24, 2.45) is 0 Å². The molecule has 120 valence electrons. The smallest absolute Gasteiger partial charge is 0.310 e. The third kappa shape index (κ3) is 5.47. The molecule has 5 nitrogen and oxygen atoms in total. The van der Waals surface area contributed by atoms with Crippen LogP contribution in [0.5, 0.6) is 11.5 Å². The maximum Gasteiger partial charge on any atom is 0.310 e. The lowest BCUT2D eigenvalue weighted by molar-refractivity contribution is -0.142. The summed E-state index contributed by atoms with van der Waals surface area (Å²) in [6, 6.07) is 14.4. The third-order valence-corrected chi connectivity index (χ3v) is 2.99. The van der Waals surface area contributed by atoms with Gasteiger partial charge in [-0.2, -0.15) is 0 Å². The van der Waals surface area contributed by atoms with E-state index >= 15 is 0 Å². The lowest BCUT2D eigenvalue weighted by Gasteiger charge is -2.08. The van der Waals surface area contributed by atoms with Crippen LogP contribution in [-0.4, -0.2) is 18.5 Å². The second-order valence-electron chi connectivity index (χ2n) is 4.93. The fraction of sp³-hybridized carbons (Fsp3) is 0.222. The quantitative estimate of drug-likeness (QED) is 0.828. The summed E-state index contributed by atoms with van der Waals surface area (Å²) in [5.74, 6) is 0.979. The maximum atomic E-state index is 11.4. The maximum absolute atomic E-state index is 11.4. The molecule has 2 aromatic carbocycles. The van der Waals surface area contributed by atoms with E-state index in [1.807, 2.05) is 12.1 Å². The molecule has 0 aromatic heterocycles. The first kappa shape index (κ1) is 16.5. The lowest BCUT2D eigenvalue weighted by atomic mass is 10.1. The van der Waals surface area contributed by atoms with Crippen LogP contribution in [0, 0.1) is 0 Å². The van der Waals surface area contributed by atoms with Gasteiger partial charge in [0, 0.05) is 12.6 Å². The van der Waals surface area contributed by atoms with Crippen LogP contribution in [0.3, 0.4) is 0 Å². The Morgan fingerprint density at radius 2 is 1.52 bits per heavy atom. The molecule has 0 heterocycles. The minimum Gasteiger partial charge on any atom is -0.466 e. The molecule has 2 rings (SSSR count). The molecule has 1 amide bonds. The highest BCUT2D eigenvalue weighted by molar-refractivity contribution is 5.88. The van der Waals surface area contributed by atoms with Crippen LogP contribution < -0.4 is 10.1 Å². The Morgan fingerprint density at radius 3 is 2.04 bits per heavy atom. The van der Waals surface area contributed by atoms with Crippen LogP contribution in [0.15, 0.2) is 48.5 Å². The first-order chi connectivity index (χ1) is 11.1. The summed E-state index contributed by atoms with van der Waals surface area (Å²) in [6.07, 6.45) is 0.250. The second kappa shape index (κ2) is 7.98. The molecule has 0 aliphatic rings. The highest BCUT2D eigenvalue weighted by atomic mass is 16.5. The van der Waals surface area contributed by atoms with E-state index in [1.54, 1.807) is 43.3 Å². The molecule has 0 spiro atoms. The molecular weight excluding hydrogens is 294 g/mol. The molecule has 5 heteroatoms. The number of hydrogen-bond donors (Lipinski definition) is 1. The Bertz CT molecular complexity index is 662. The summed E-state index contributed by atoms with van der Waals surface area (Å²) in [4.78, 5) is 22.4. The number of hydrogen-bond acceptors (Lipinski definition) is 4. The van der Waals surface area contributed by atoms with Crippen molar-refractivity contribution in [1.82, 2.24) is 0 Å². The van der Waals surface area contributed by atoms with Crippen LogP contribution in [0.4, 0.5) is 5.69 Å². The molecule has 0 atom stereocenters. The summed E-state index contributed by atoms with van der Waals surface area (Å²) < 4.78 is 10.6. The van der Waals surface area contributed by atoms with Crippen LogP contribution in [0.1, 0.15) is 19.4 Å². The molecule has 0 radical (unpaired) electrons. The highest BCUT2D eigenvalue weighted by Crippen LogP contribution is 2.23. The van der Waals surface area contributed by atoms with Gasteiger partial charge in [-0.1, -0.05) is 12.1 Å². The molecule has 0 saturated carbocycles. The SMILES string of the molecule is CCOC(=O)Cc1ccc(Oc2ccc(NC(C)=O)cc2)cc1. The first-order valence-corrected chi connectivity index (χ1v) is 7.37. The Morgan fingerprint density at radius 1 is 0.957 bits per heavy atom. The standard InChI is InChI=1S/C18H19NO4/c1-3-22-18(21)12-14-4-8-16(9-5-14)23-17-10-6-15(7-11-17)19-13(2)20/h4-11H,3,12H2,1-2H3,(H,19,20). The molecule has 2 aromatic rings. The van der Waals surface area contributed by atoms with Crippen molar-refractivity contribution in [3.63, 3.8) is 0 Å². The van der Waals surface area contributed by atoms with E-state index in [2.05, 4.69) is 5.32 Å². The van der Waals surface area contributed by atoms with Crippen LogP contribution in [-0.2, 0) is 20.7 Å². The van der Waals surface area contributed by atoms with Gasteiger partial charge in [0.1, 0.15) is 11.5 Å². The van der Waals surface area contributed by atoms with Crippen molar-refractivity contribution >= 4 is 17.6 Å². The lowest BCUT2D eigenvalue weighted by Crippen LogP contribution is -2.07. The summed E-state index contributed by atoms with van der Waals surface area (Å²) in [5.41, 5.74) is 1.59. The zero-order chi connectivity index (χ0) is 16.7. The predicted molar refractivity (Wildman–Crippen MR) is 87.6 cm³/mol. The van der Waals surface area contributed by atoms with Gasteiger partial charge in [-0.25, -0.2) is 0 Å². The fourth-order valence-electron chi connectivity index (χ4n) is 2.00. The van der Waals surface area contributed by atoms with Crippen molar-refractivity contribution in [2.45, 2.75) is 20.3 Å². The molecule has 0 aliphatic carbocycles. The van der Waals surface area contributed by atoms with Crippen LogP contribution in [0.25, 0.3) is 0 Å². The Balaban J connectivity index is 1.95. The number of nitrogens with one attached hydrogen (secondary N) is 1. The molecule has 1 N–H and O–H groups in total. The van der Waals surface area contributed by atoms with Gasteiger partial charge in [0.05, 0.1) is 13.0 Å². The minimum absolute atomic E-state index is 0.115. The number of ether oxygens (including phenoxy) is 2. The number of carbonyl (C=O) groups is 2. The summed E-state index contributed by atoms with van der Waals surface area (Å²) in [5, 5.41) is 2.69.